The molecule has 0 aliphatic heterocycles. The van der Waals surface area contributed by atoms with Crippen LogP contribution >= 0.6 is 0 Å². The molecule has 0 bridgehead atoms. The van der Waals surface area contributed by atoms with Crippen LogP contribution in [-0.2, 0) is 13.5 Å². The number of aromatic nitrogens is 4. The number of benzene rings is 1. The molecule has 1 aromatic carbocycles. The Morgan fingerprint density at radius 2 is 2.08 bits per heavy atom. The van der Waals surface area contributed by atoms with E-state index < -0.39 is 0 Å². The quantitative estimate of drug-likeness (QED) is 0.536. The molecule has 0 aliphatic carbocycles. The van der Waals surface area contributed by atoms with E-state index in [9.17, 15) is 4.79 Å². The number of hydrogen-bond donors (Lipinski definition) is 0. The number of pyridine rings is 1. The maximum absolute atomic E-state index is 12.3. The Bertz CT molecular complexity index is 1080. The molecule has 6 heteroatoms. The largest absolute Gasteiger partial charge is 0.442 e. The fraction of sp³-hybridized carbons (Fsp3) is 0.158. The molecule has 0 unspecified atom stereocenters. The lowest BCUT2D eigenvalue weighted by Crippen LogP contribution is -2.05. The molecule has 0 fully saturated rings. The lowest BCUT2D eigenvalue weighted by atomic mass is 10.0. The average Bonchev–Trinajstić information content (AvgIpc) is 3.22. The summed E-state index contributed by atoms with van der Waals surface area (Å²) in [5.74, 6) is -0.0502. The van der Waals surface area contributed by atoms with Crippen molar-refractivity contribution in [2.24, 2.45) is 7.05 Å². The van der Waals surface area contributed by atoms with E-state index in [0.717, 1.165) is 22.0 Å². The van der Waals surface area contributed by atoms with Crippen molar-refractivity contribution in [2.45, 2.75) is 13.3 Å². The second-order valence-corrected chi connectivity index (χ2v) is 6.02. The fourth-order valence-corrected chi connectivity index (χ4v) is 2.80. The van der Waals surface area contributed by atoms with Crippen molar-refractivity contribution in [2.75, 3.05) is 0 Å². The summed E-state index contributed by atoms with van der Waals surface area (Å²) in [4.78, 5) is 24.9. The van der Waals surface area contributed by atoms with Gasteiger partial charge >= 0.3 is 0 Å². The van der Waals surface area contributed by atoms with Crippen molar-refractivity contribution in [3.8, 4) is 11.3 Å². The van der Waals surface area contributed by atoms with Crippen LogP contribution in [0.25, 0.3) is 22.0 Å². The number of carbonyl (C=O) groups excluding carboxylic acids is 1. The summed E-state index contributed by atoms with van der Waals surface area (Å²) in [7, 11) is 1.96. The van der Waals surface area contributed by atoms with Gasteiger partial charge in [0.15, 0.2) is 0 Å². The number of aryl methyl sites for hydroxylation is 2. The van der Waals surface area contributed by atoms with Crippen LogP contribution in [-0.4, -0.2) is 25.3 Å². The molecule has 6 nitrogen and oxygen atoms in total. The van der Waals surface area contributed by atoms with Gasteiger partial charge in [0, 0.05) is 29.9 Å². The number of Topliss-reactive ketones (excluding diaryl/α,β-unsaturated/α-hetero) is 1. The van der Waals surface area contributed by atoms with E-state index in [1.54, 1.807) is 19.4 Å². The van der Waals surface area contributed by atoms with Crippen molar-refractivity contribution in [3.05, 3.63) is 66.5 Å². The summed E-state index contributed by atoms with van der Waals surface area (Å²) >= 11 is 0. The normalized spacial score (nSPS) is 11.1. The average molecular weight is 332 g/mol. The molecule has 25 heavy (non-hydrogen) atoms. The minimum Gasteiger partial charge on any atom is -0.442 e. The van der Waals surface area contributed by atoms with Crippen molar-refractivity contribution >= 4 is 16.6 Å². The first-order valence-electron chi connectivity index (χ1n) is 7.91. The molecular formula is C19H16N4O2. The van der Waals surface area contributed by atoms with Gasteiger partial charge in [0.2, 0.25) is 5.78 Å². The third-order valence-corrected chi connectivity index (χ3v) is 4.09. The SMILES string of the molecule is Cc1coc(C(=O)Cc2cc3cc(-c4cncn4C)ccc3cn2)n1. The van der Waals surface area contributed by atoms with Gasteiger partial charge in [-0.1, -0.05) is 12.1 Å². The number of nitrogens with zero attached hydrogens (tertiary/aromatic N) is 4. The number of rotatable bonds is 4. The van der Waals surface area contributed by atoms with Crippen LogP contribution in [0.3, 0.4) is 0 Å². The van der Waals surface area contributed by atoms with Gasteiger partial charge in [-0.2, -0.15) is 0 Å². The van der Waals surface area contributed by atoms with Crippen LogP contribution in [0.5, 0.6) is 0 Å². The number of oxazole rings is 1. The second kappa shape index (κ2) is 5.98. The minimum absolute atomic E-state index is 0.128. The Morgan fingerprint density at radius 3 is 2.80 bits per heavy atom. The minimum atomic E-state index is -0.178. The van der Waals surface area contributed by atoms with E-state index in [0.29, 0.717) is 11.4 Å². The molecule has 0 radical (unpaired) electrons. The summed E-state index contributed by atoms with van der Waals surface area (Å²) < 4.78 is 7.14. The predicted octanol–water partition coefficient (Wildman–Crippen LogP) is 3.36. The van der Waals surface area contributed by atoms with Crippen LogP contribution in [0.1, 0.15) is 22.1 Å². The van der Waals surface area contributed by atoms with E-state index in [2.05, 4.69) is 21.0 Å². The first-order chi connectivity index (χ1) is 12.1. The van der Waals surface area contributed by atoms with Crippen molar-refractivity contribution in [1.29, 1.82) is 0 Å². The number of fused-ring (bicyclic) bond motifs is 1. The zero-order chi connectivity index (χ0) is 17.4. The zero-order valence-corrected chi connectivity index (χ0v) is 13.9. The van der Waals surface area contributed by atoms with E-state index in [4.69, 9.17) is 4.42 Å². The maximum atomic E-state index is 12.3. The third kappa shape index (κ3) is 2.94. The van der Waals surface area contributed by atoms with E-state index in [-0.39, 0.29) is 18.1 Å². The lowest BCUT2D eigenvalue weighted by molar-refractivity contribution is 0.0958. The smallest absolute Gasteiger partial charge is 0.263 e. The molecular weight excluding hydrogens is 316 g/mol. The molecule has 4 rings (SSSR count). The van der Waals surface area contributed by atoms with E-state index in [1.165, 1.54) is 6.26 Å². The molecule has 0 atom stereocenters. The van der Waals surface area contributed by atoms with Crippen molar-refractivity contribution in [1.82, 2.24) is 19.5 Å². The zero-order valence-electron chi connectivity index (χ0n) is 13.9. The molecule has 4 aromatic rings. The molecule has 3 heterocycles. The molecule has 0 N–H and O–H groups in total. The third-order valence-electron chi connectivity index (χ3n) is 4.09. The van der Waals surface area contributed by atoms with Gasteiger partial charge in [0.05, 0.1) is 30.3 Å². The Hall–Kier alpha value is -3.28. The molecule has 124 valence electrons. The fourth-order valence-electron chi connectivity index (χ4n) is 2.80. The van der Waals surface area contributed by atoms with Gasteiger partial charge < -0.3 is 8.98 Å². The Balaban J connectivity index is 1.67. The number of hydrogen-bond acceptors (Lipinski definition) is 5. The molecule has 0 amide bonds. The van der Waals surface area contributed by atoms with Crippen LogP contribution in [0.15, 0.2) is 53.7 Å². The van der Waals surface area contributed by atoms with Gasteiger partial charge in [-0.25, -0.2) is 9.97 Å². The van der Waals surface area contributed by atoms with Crippen molar-refractivity contribution < 1.29 is 9.21 Å². The summed E-state index contributed by atoms with van der Waals surface area (Å²) in [5.41, 5.74) is 3.48. The standard InChI is InChI=1S/C19H16N4O2/c1-12-10-25-19(22-12)18(24)7-16-6-15-5-13(3-4-14(15)8-21-16)17-9-20-11-23(17)2/h3-6,8-11H,7H2,1-2H3. The van der Waals surface area contributed by atoms with Crippen LogP contribution in [0.4, 0.5) is 0 Å². The number of ketones is 1. The number of imidazole rings is 1. The molecule has 0 aliphatic rings. The van der Waals surface area contributed by atoms with Crippen LogP contribution in [0, 0.1) is 6.92 Å². The van der Waals surface area contributed by atoms with Gasteiger partial charge in [0.1, 0.15) is 6.26 Å². The second-order valence-electron chi connectivity index (χ2n) is 6.02. The molecule has 3 aromatic heterocycles. The van der Waals surface area contributed by atoms with Gasteiger partial charge in [-0.05, 0) is 24.4 Å². The Kier molecular flexibility index (Phi) is 3.65. The Labute approximate surface area is 144 Å². The first-order valence-corrected chi connectivity index (χ1v) is 7.91. The highest BCUT2D eigenvalue weighted by molar-refractivity contribution is 5.94. The van der Waals surface area contributed by atoms with Crippen LogP contribution < -0.4 is 0 Å². The molecule has 0 saturated carbocycles. The monoisotopic (exact) mass is 332 g/mol. The van der Waals surface area contributed by atoms with Crippen molar-refractivity contribution in [3.63, 3.8) is 0 Å². The summed E-state index contributed by atoms with van der Waals surface area (Å²) in [5, 5.41) is 2.05. The Morgan fingerprint density at radius 1 is 1.20 bits per heavy atom. The maximum Gasteiger partial charge on any atom is 0.263 e. The first kappa shape index (κ1) is 15.3. The summed E-state index contributed by atoms with van der Waals surface area (Å²) in [6, 6.07) is 8.08. The molecule has 0 spiro atoms. The lowest BCUT2D eigenvalue weighted by Gasteiger charge is -2.06. The highest BCUT2D eigenvalue weighted by Crippen LogP contribution is 2.24. The van der Waals surface area contributed by atoms with Crippen LogP contribution in [0.2, 0.25) is 0 Å². The van der Waals surface area contributed by atoms with Gasteiger partial charge in [-0.15, -0.1) is 0 Å². The van der Waals surface area contributed by atoms with E-state index >= 15 is 0 Å². The number of carbonyl (C=O) groups is 1. The topological polar surface area (TPSA) is 73.8 Å². The highest BCUT2D eigenvalue weighted by Gasteiger charge is 2.14. The molecule has 0 saturated heterocycles. The summed E-state index contributed by atoms with van der Waals surface area (Å²) in [6.45, 7) is 1.79. The van der Waals surface area contributed by atoms with Gasteiger partial charge in [0.25, 0.3) is 5.89 Å². The highest BCUT2D eigenvalue weighted by atomic mass is 16.3. The van der Waals surface area contributed by atoms with Gasteiger partial charge in [-0.3, -0.25) is 9.78 Å². The summed E-state index contributed by atoms with van der Waals surface area (Å²) in [6.07, 6.45) is 7.02. The van der Waals surface area contributed by atoms with E-state index in [1.807, 2.05) is 36.0 Å². The predicted molar refractivity (Wildman–Crippen MR) is 93.2 cm³/mol.